The van der Waals surface area contributed by atoms with Gasteiger partial charge in [-0.05, 0) is 25.0 Å². The van der Waals surface area contributed by atoms with Gasteiger partial charge in [-0.25, -0.2) is 8.42 Å². The topological polar surface area (TPSA) is 63.4 Å². The third-order valence-corrected chi connectivity index (χ3v) is 5.79. The lowest BCUT2D eigenvalue weighted by Gasteiger charge is -2.26. The number of anilines is 1. The molecule has 2 N–H and O–H groups in total. The Morgan fingerprint density at radius 3 is 2.21 bits per heavy atom. The number of sulfonamides is 1. The van der Waals surface area contributed by atoms with Gasteiger partial charge in [0, 0.05) is 18.1 Å². The van der Waals surface area contributed by atoms with E-state index in [1.807, 2.05) is 13.8 Å². The molecule has 0 unspecified atom stereocenters. The first-order chi connectivity index (χ1) is 8.75. The summed E-state index contributed by atoms with van der Waals surface area (Å²) in [6, 6.07) is 2.69. The summed E-state index contributed by atoms with van der Waals surface area (Å²) in [7, 11) is -2.18. The molecule has 0 aliphatic rings. The summed E-state index contributed by atoms with van der Waals surface area (Å²) in [4.78, 5) is -0.0760. The largest absolute Gasteiger partial charge is 0.398 e. The molecule has 1 aromatic carbocycles. The monoisotopic (exact) mass is 324 g/mol. The summed E-state index contributed by atoms with van der Waals surface area (Å²) in [6.07, 6.45) is 1.44. The predicted octanol–water partition coefficient (Wildman–Crippen LogP) is 3.38. The fourth-order valence-corrected chi connectivity index (χ4v) is 4.44. The summed E-state index contributed by atoms with van der Waals surface area (Å²) in [5.74, 6) is 0. The van der Waals surface area contributed by atoms with Crippen LogP contribution in [0.2, 0.25) is 10.0 Å². The third-order valence-electron chi connectivity index (χ3n) is 3.13. The molecule has 1 rings (SSSR count). The Hall–Kier alpha value is -0.490. The Morgan fingerprint density at radius 2 is 1.79 bits per heavy atom. The van der Waals surface area contributed by atoms with Crippen LogP contribution in [-0.4, -0.2) is 25.8 Å². The van der Waals surface area contributed by atoms with Gasteiger partial charge in [-0.3, -0.25) is 0 Å². The van der Waals surface area contributed by atoms with E-state index in [1.54, 1.807) is 0 Å². The lowest BCUT2D eigenvalue weighted by atomic mass is 10.2. The predicted molar refractivity (Wildman–Crippen MR) is 80.2 cm³/mol. The summed E-state index contributed by atoms with van der Waals surface area (Å²) in [5.41, 5.74) is 5.82. The molecule has 0 aliphatic carbocycles. The van der Waals surface area contributed by atoms with Crippen molar-refractivity contribution in [3.05, 3.63) is 22.2 Å². The molecule has 7 heteroatoms. The van der Waals surface area contributed by atoms with Gasteiger partial charge in [-0.2, -0.15) is 4.31 Å². The van der Waals surface area contributed by atoms with Crippen molar-refractivity contribution in [3.8, 4) is 0 Å². The van der Waals surface area contributed by atoms with E-state index >= 15 is 0 Å². The highest BCUT2D eigenvalue weighted by Crippen LogP contribution is 2.33. The number of benzene rings is 1. The van der Waals surface area contributed by atoms with E-state index in [-0.39, 0.29) is 21.6 Å². The van der Waals surface area contributed by atoms with Crippen molar-refractivity contribution >= 4 is 38.9 Å². The van der Waals surface area contributed by atoms with Crippen LogP contribution in [0.15, 0.2) is 17.0 Å². The van der Waals surface area contributed by atoms with E-state index < -0.39 is 10.0 Å². The smallest absolute Gasteiger partial charge is 0.246 e. The minimum absolute atomic E-state index is 0.0443. The van der Waals surface area contributed by atoms with Gasteiger partial charge < -0.3 is 5.73 Å². The molecule has 0 atom stereocenters. The van der Waals surface area contributed by atoms with Crippen LogP contribution in [0, 0.1) is 0 Å². The van der Waals surface area contributed by atoms with Gasteiger partial charge in [0.15, 0.2) is 0 Å². The molecule has 0 aliphatic heterocycles. The second-order valence-corrected chi connectivity index (χ2v) is 7.08. The number of hydrogen-bond donors (Lipinski definition) is 1. The van der Waals surface area contributed by atoms with Crippen LogP contribution in [0.5, 0.6) is 0 Å². The van der Waals surface area contributed by atoms with Crippen molar-refractivity contribution in [1.82, 2.24) is 4.31 Å². The van der Waals surface area contributed by atoms with Crippen molar-refractivity contribution in [2.75, 3.05) is 12.8 Å². The third kappa shape index (κ3) is 3.34. The quantitative estimate of drug-likeness (QED) is 0.844. The molecule has 0 bridgehead atoms. The first kappa shape index (κ1) is 16.6. The average molecular weight is 325 g/mol. The van der Waals surface area contributed by atoms with Crippen molar-refractivity contribution in [2.45, 2.75) is 37.6 Å². The van der Waals surface area contributed by atoms with Crippen LogP contribution in [0.25, 0.3) is 0 Å². The van der Waals surface area contributed by atoms with Crippen LogP contribution in [0.1, 0.15) is 26.7 Å². The molecule has 19 heavy (non-hydrogen) atoms. The lowest BCUT2D eigenvalue weighted by Crippen LogP contribution is -2.36. The first-order valence-corrected chi connectivity index (χ1v) is 8.17. The van der Waals surface area contributed by atoms with Crippen molar-refractivity contribution in [2.24, 2.45) is 0 Å². The molecule has 0 saturated heterocycles. The van der Waals surface area contributed by atoms with Gasteiger partial charge in [-0.1, -0.05) is 37.0 Å². The molecule has 0 fully saturated rings. The zero-order chi connectivity index (χ0) is 14.8. The minimum atomic E-state index is -3.72. The highest BCUT2D eigenvalue weighted by Gasteiger charge is 2.30. The normalized spacial score (nSPS) is 12.4. The minimum Gasteiger partial charge on any atom is -0.398 e. The number of nitrogen functional groups attached to an aromatic ring is 1. The van der Waals surface area contributed by atoms with Gasteiger partial charge in [-0.15, -0.1) is 0 Å². The maximum atomic E-state index is 12.6. The maximum absolute atomic E-state index is 12.6. The van der Waals surface area contributed by atoms with Crippen LogP contribution in [-0.2, 0) is 10.0 Å². The SMILES string of the molecule is CCC(CC)N(C)S(=O)(=O)c1c(N)cc(Cl)cc1Cl. The molecule has 0 radical (unpaired) electrons. The highest BCUT2D eigenvalue weighted by atomic mass is 35.5. The molecule has 1 aromatic rings. The van der Waals surface area contributed by atoms with Gasteiger partial charge in [0.25, 0.3) is 0 Å². The average Bonchev–Trinajstić information content (AvgIpc) is 2.28. The Bertz CT molecular complexity index is 534. The number of halogens is 2. The van der Waals surface area contributed by atoms with E-state index in [9.17, 15) is 8.42 Å². The lowest BCUT2D eigenvalue weighted by molar-refractivity contribution is 0.350. The van der Waals surface area contributed by atoms with Crippen molar-refractivity contribution in [3.63, 3.8) is 0 Å². The molecule has 0 amide bonds. The van der Waals surface area contributed by atoms with E-state index in [2.05, 4.69) is 0 Å². The van der Waals surface area contributed by atoms with Gasteiger partial charge >= 0.3 is 0 Å². The fourth-order valence-electron chi connectivity index (χ4n) is 2.00. The van der Waals surface area contributed by atoms with Crippen LogP contribution in [0.4, 0.5) is 5.69 Å². The molecule has 0 heterocycles. The van der Waals surface area contributed by atoms with Gasteiger partial charge in [0.05, 0.1) is 10.7 Å². The highest BCUT2D eigenvalue weighted by molar-refractivity contribution is 7.89. The summed E-state index contributed by atoms with van der Waals surface area (Å²) in [5, 5.41) is 0.356. The Balaban J connectivity index is 3.36. The van der Waals surface area contributed by atoms with E-state index in [0.29, 0.717) is 5.02 Å². The Morgan fingerprint density at radius 1 is 1.26 bits per heavy atom. The van der Waals surface area contributed by atoms with Crippen LogP contribution in [0.3, 0.4) is 0 Å². The van der Waals surface area contributed by atoms with E-state index in [1.165, 1.54) is 23.5 Å². The van der Waals surface area contributed by atoms with E-state index in [0.717, 1.165) is 12.8 Å². The zero-order valence-corrected chi connectivity index (χ0v) is 13.5. The Kier molecular flexibility index (Phi) is 5.50. The second kappa shape index (κ2) is 6.31. The number of nitrogens with two attached hydrogens (primary N) is 1. The maximum Gasteiger partial charge on any atom is 0.246 e. The molecule has 0 saturated carbocycles. The van der Waals surface area contributed by atoms with Gasteiger partial charge in [0.2, 0.25) is 10.0 Å². The molecular weight excluding hydrogens is 307 g/mol. The number of rotatable bonds is 5. The van der Waals surface area contributed by atoms with Crippen molar-refractivity contribution in [1.29, 1.82) is 0 Å². The van der Waals surface area contributed by atoms with Gasteiger partial charge in [0.1, 0.15) is 4.90 Å². The summed E-state index contributed by atoms with van der Waals surface area (Å²) >= 11 is 11.8. The van der Waals surface area contributed by atoms with E-state index in [4.69, 9.17) is 28.9 Å². The standard InChI is InChI=1S/C12H18Cl2N2O2S/c1-4-9(5-2)16(3)19(17,18)12-10(14)6-8(13)7-11(12)15/h6-7,9H,4-5,15H2,1-3H3. The number of nitrogens with zero attached hydrogens (tertiary/aromatic N) is 1. The molecular formula is C12H18Cl2N2O2S. The van der Waals surface area contributed by atoms with Crippen LogP contribution < -0.4 is 5.73 Å². The molecule has 0 spiro atoms. The molecule has 0 aromatic heterocycles. The molecule has 108 valence electrons. The Labute approximate surface area is 124 Å². The molecule has 4 nitrogen and oxygen atoms in total. The first-order valence-electron chi connectivity index (χ1n) is 5.98. The summed E-state index contributed by atoms with van der Waals surface area (Å²) in [6.45, 7) is 3.88. The fraction of sp³-hybridized carbons (Fsp3) is 0.500. The summed E-state index contributed by atoms with van der Waals surface area (Å²) < 4.78 is 26.4. The zero-order valence-electron chi connectivity index (χ0n) is 11.2. The van der Waals surface area contributed by atoms with Crippen molar-refractivity contribution < 1.29 is 8.42 Å². The van der Waals surface area contributed by atoms with Crippen LogP contribution >= 0.6 is 23.2 Å². The second-order valence-electron chi connectivity index (χ2n) is 4.30. The number of hydrogen-bond acceptors (Lipinski definition) is 3.